The largest absolute Gasteiger partial charge is 3.00 e. The molecule has 5 nitrogen and oxygen atoms in total. The van der Waals surface area contributed by atoms with Gasteiger partial charge in [-0.15, -0.1) is 10.2 Å². The van der Waals surface area contributed by atoms with Gasteiger partial charge in [0.05, 0.1) is 5.65 Å². The molecule has 0 aliphatic rings. The smallest absolute Gasteiger partial charge is 0.438 e. The monoisotopic (exact) mass is 265 g/mol. The summed E-state index contributed by atoms with van der Waals surface area (Å²) in [5.74, 6) is 1.62. The average Bonchev–Trinajstić information content (AvgIpc) is 2.47. The van der Waals surface area contributed by atoms with E-state index in [-0.39, 0.29) is 32.7 Å². The minimum absolute atomic E-state index is 0. The first-order chi connectivity index (χ1) is 6.18. The fraction of sp³-hybridized carbons (Fsp3) is 0.375. The van der Waals surface area contributed by atoms with Crippen molar-refractivity contribution in [3.8, 4) is 0 Å². The van der Waals surface area contributed by atoms with Crippen molar-refractivity contribution in [3.05, 3.63) is 18.0 Å². The topological polar surface area (TPSA) is 46.3 Å². The van der Waals surface area contributed by atoms with E-state index in [9.17, 15) is 0 Å². The van der Waals surface area contributed by atoms with E-state index < -0.39 is 0 Å². The molecule has 2 aromatic heterocycles. The Labute approximate surface area is 107 Å². The molecule has 0 aromatic carbocycles. The molecule has 0 saturated carbocycles. The van der Waals surface area contributed by atoms with Gasteiger partial charge in [-0.3, -0.25) is 0 Å². The van der Waals surface area contributed by atoms with Gasteiger partial charge in [-0.2, -0.15) is 12.1 Å². The number of rotatable bonds is 1. The molecule has 0 aliphatic carbocycles. The standard InChI is InChI=1S/C8H10N5.Y/c1-6-9-10-7-4-5-8(12(2)3)11-13(6)7;/h5H,1-3H3;/q-1;+3. The summed E-state index contributed by atoms with van der Waals surface area (Å²) < 4.78 is 1.68. The minimum atomic E-state index is 0. The molecular weight excluding hydrogens is 255 g/mol. The van der Waals surface area contributed by atoms with Crippen LogP contribution in [0.4, 0.5) is 5.82 Å². The van der Waals surface area contributed by atoms with E-state index in [1.54, 1.807) is 10.6 Å². The number of hydrogen-bond donors (Lipinski definition) is 0. The van der Waals surface area contributed by atoms with Crippen LogP contribution >= 0.6 is 0 Å². The molecule has 0 aliphatic heterocycles. The maximum absolute atomic E-state index is 4.32. The van der Waals surface area contributed by atoms with E-state index >= 15 is 0 Å². The molecule has 0 fully saturated rings. The molecule has 2 rings (SSSR count). The van der Waals surface area contributed by atoms with Crippen LogP contribution in [0, 0.1) is 13.0 Å². The molecule has 0 spiro atoms. The van der Waals surface area contributed by atoms with Crippen molar-refractivity contribution in [1.82, 2.24) is 19.8 Å². The van der Waals surface area contributed by atoms with Gasteiger partial charge in [-0.1, -0.05) is 0 Å². The summed E-state index contributed by atoms with van der Waals surface area (Å²) in [6.07, 6.45) is 0. The molecule has 0 N–H and O–H groups in total. The number of aromatic nitrogens is 4. The average molecular weight is 265 g/mol. The molecule has 0 bridgehead atoms. The van der Waals surface area contributed by atoms with Gasteiger partial charge in [0.2, 0.25) is 0 Å². The summed E-state index contributed by atoms with van der Waals surface area (Å²) in [6, 6.07) is 4.80. The van der Waals surface area contributed by atoms with Crippen molar-refractivity contribution in [3.63, 3.8) is 0 Å². The second kappa shape index (κ2) is 4.32. The molecular formula is C8H10N5Y+2. The van der Waals surface area contributed by atoms with E-state index in [1.165, 1.54) is 0 Å². The Morgan fingerprint density at radius 3 is 2.71 bits per heavy atom. The zero-order chi connectivity index (χ0) is 9.42. The Bertz CT molecular complexity index is 436. The summed E-state index contributed by atoms with van der Waals surface area (Å²) in [5, 5.41) is 12.1. The van der Waals surface area contributed by atoms with Crippen molar-refractivity contribution < 1.29 is 32.7 Å². The van der Waals surface area contributed by atoms with Crippen LogP contribution in [0.2, 0.25) is 0 Å². The summed E-state index contributed by atoms with van der Waals surface area (Å²) in [5.41, 5.74) is 0.656. The molecule has 0 radical (unpaired) electrons. The summed E-state index contributed by atoms with van der Waals surface area (Å²) in [4.78, 5) is 1.91. The third-order valence-electron chi connectivity index (χ3n) is 1.79. The zero-order valence-electron chi connectivity index (χ0n) is 8.39. The Morgan fingerprint density at radius 2 is 2.07 bits per heavy atom. The molecule has 0 amide bonds. The van der Waals surface area contributed by atoms with E-state index in [2.05, 4.69) is 21.4 Å². The normalized spacial score (nSPS) is 9.93. The van der Waals surface area contributed by atoms with Crippen LogP contribution in [0.15, 0.2) is 6.07 Å². The second-order valence-corrected chi connectivity index (χ2v) is 3.02. The molecule has 68 valence electrons. The van der Waals surface area contributed by atoms with E-state index in [1.807, 2.05) is 25.9 Å². The maximum Gasteiger partial charge on any atom is 3.00 e. The second-order valence-electron chi connectivity index (χ2n) is 3.02. The molecule has 14 heavy (non-hydrogen) atoms. The van der Waals surface area contributed by atoms with Crippen molar-refractivity contribution in [1.29, 1.82) is 0 Å². The van der Waals surface area contributed by atoms with E-state index in [0.29, 0.717) is 5.65 Å². The number of nitrogens with zero attached hydrogens (tertiary/aromatic N) is 5. The number of anilines is 1. The first-order valence-corrected chi connectivity index (χ1v) is 3.96. The fourth-order valence-corrected chi connectivity index (χ4v) is 1.05. The van der Waals surface area contributed by atoms with Crippen molar-refractivity contribution in [2.45, 2.75) is 6.92 Å². The molecule has 2 aromatic rings. The summed E-state index contributed by atoms with van der Waals surface area (Å²) in [6.45, 7) is 1.86. The quantitative estimate of drug-likeness (QED) is 0.696. The van der Waals surface area contributed by atoms with Gasteiger partial charge in [0.1, 0.15) is 5.82 Å². The Hall–Kier alpha value is -0.546. The third kappa shape index (κ3) is 1.93. The first-order valence-electron chi connectivity index (χ1n) is 3.96. The number of aryl methyl sites for hydroxylation is 1. The van der Waals surface area contributed by atoms with Crippen LogP contribution in [0.5, 0.6) is 0 Å². The van der Waals surface area contributed by atoms with Crippen LogP contribution in [0.1, 0.15) is 5.82 Å². The van der Waals surface area contributed by atoms with Crippen LogP contribution in [0.3, 0.4) is 0 Å². The number of hydrogen-bond acceptors (Lipinski definition) is 4. The van der Waals surface area contributed by atoms with Crippen LogP contribution in [-0.4, -0.2) is 33.9 Å². The molecule has 0 saturated heterocycles. The Kier molecular flexibility index (Phi) is 3.55. The molecule has 0 atom stereocenters. The predicted molar refractivity (Wildman–Crippen MR) is 48.7 cm³/mol. The van der Waals surface area contributed by atoms with E-state index in [4.69, 9.17) is 0 Å². The molecule has 0 unspecified atom stereocenters. The van der Waals surface area contributed by atoms with Gasteiger partial charge < -0.3 is 4.90 Å². The van der Waals surface area contributed by atoms with Crippen molar-refractivity contribution >= 4 is 11.5 Å². The maximum atomic E-state index is 4.32. The van der Waals surface area contributed by atoms with Crippen LogP contribution in [-0.2, 0) is 32.7 Å². The third-order valence-corrected chi connectivity index (χ3v) is 1.79. The van der Waals surface area contributed by atoms with Crippen molar-refractivity contribution in [2.24, 2.45) is 0 Å². The van der Waals surface area contributed by atoms with Gasteiger partial charge >= 0.3 is 32.7 Å². The van der Waals surface area contributed by atoms with Gasteiger partial charge in [-0.05, 0) is 26.8 Å². The van der Waals surface area contributed by atoms with Gasteiger partial charge in [0.15, 0.2) is 0 Å². The van der Waals surface area contributed by atoms with Gasteiger partial charge in [0, 0.05) is 0 Å². The van der Waals surface area contributed by atoms with E-state index in [0.717, 1.165) is 11.6 Å². The summed E-state index contributed by atoms with van der Waals surface area (Å²) in [7, 11) is 3.86. The fourth-order valence-electron chi connectivity index (χ4n) is 1.05. The summed E-state index contributed by atoms with van der Waals surface area (Å²) >= 11 is 0. The van der Waals surface area contributed by atoms with Crippen LogP contribution < -0.4 is 4.90 Å². The van der Waals surface area contributed by atoms with Gasteiger partial charge in [0.25, 0.3) is 0 Å². The number of fused-ring (bicyclic) bond motifs is 1. The minimum Gasteiger partial charge on any atom is -0.438 e. The Balaban J connectivity index is 0.000000980. The molecule has 2 heterocycles. The predicted octanol–water partition coefficient (Wildman–Crippen LogP) is 0.296. The van der Waals surface area contributed by atoms with Crippen molar-refractivity contribution in [2.75, 3.05) is 19.0 Å². The Morgan fingerprint density at radius 1 is 1.36 bits per heavy atom. The molecule has 6 heteroatoms. The van der Waals surface area contributed by atoms with Crippen LogP contribution in [0.25, 0.3) is 5.65 Å². The van der Waals surface area contributed by atoms with Gasteiger partial charge in [-0.25, -0.2) is 9.61 Å². The first kappa shape index (κ1) is 11.5. The zero-order valence-corrected chi connectivity index (χ0v) is 11.2. The SMILES string of the molecule is Cc1nnc2[c-]cc(N(C)C)nn12.[Y+3].